The molecule has 0 saturated carbocycles. The summed E-state index contributed by atoms with van der Waals surface area (Å²) in [4.78, 5) is 16.6. The van der Waals surface area contributed by atoms with Crippen LogP contribution >= 0.6 is 11.3 Å². The zero-order chi connectivity index (χ0) is 15.0. The first-order valence-electron chi connectivity index (χ1n) is 7.09. The summed E-state index contributed by atoms with van der Waals surface area (Å²) in [5.74, 6) is -0.369. The van der Waals surface area contributed by atoms with Crippen molar-refractivity contribution in [1.29, 1.82) is 0 Å². The van der Waals surface area contributed by atoms with Crippen LogP contribution in [-0.4, -0.2) is 47.6 Å². The normalized spacial score (nSPS) is 24.2. The molecule has 3 rings (SSSR count). The summed E-state index contributed by atoms with van der Waals surface area (Å²) in [6.07, 6.45) is -1.87. The maximum atomic E-state index is 12.5. The topological polar surface area (TPSA) is 23.6 Å². The summed E-state index contributed by atoms with van der Waals surface area (Å²) >= 11 is 1.72. The molecule has 1 fully saturated rings. The fraction of sp³-hybridized carbons (Fsp3) is 0.643. The number of hydrogen-bond acceptors (Lipinski definition) is 3. The molecule has 0 aliphatic carbocycles. The average molecular weight is 318 g/mol. The molecule has 1 unspecified atom stereocenters. The SMILES string of the molecule is O=C1C(N2CCCc3sccc3C2)CCN1CC(F)(F)F. The third-order valence-corrected chi connectivity index (χ3v) is 5.16. The number of fused-ring (bicyclic) bond motifs is 1. The predicted octanol–water partition coefficient (Wildman–Crippen LogP) is 2.66. The predicted molar refractivity (Wildman–Crippen MR) is 74.1 cm³/mol. The number of thiophene rings is 1. The third kappa shape index (κ3) is 3.23. The van der Waals surface area contributed by atoms with Gasteiger partial charge >= 0.3 is 6.18 Å². The number of carbonyl (C=O) groups is 1. The van der Waals surface area contributed by atoms with Crippen LogP contribution < -0.4 is 0 Å². The van der Waals surface area contributed by atoms with Crippen LogP contribution in [-0.2, 0) is 17.8 Å². The second-order valence-electron chi connectivity index (χ2n) is 5.62. The number of alkyl halides is 3. The second kappa shape index (κ2) is 5.61. The summed E-state index contributed by atoms with van der Waals surface area (Å²) in [5.41, 5.74) is 1.22. The highest BCUT2D eigenvalue weighted by Gasteiger charge is 2.41. The van der Waals surface area contributed by atoms with E-state index in [1.165, 1.54) is 10.4 Å². The molecular weight excluding hydrogens is 301 g/mol. The summed E-state index contributed by atoms with van der Waals surface area (Å²) in [7, 11) is 0. The maximum absolute atomic E-state index is 12.5. The minimum Gasteiger partial charge on any atom is -0.332 e. The number of halogens is 3. The Balaban J connectivity index is 1.69. The van der Waals surface area contributed by atoms with Crippen LogP contribution in [0.4, 0.5) is 13.2 Å². The van der Waals surface area contributed by atoms with Crippen LogP contribution in [0.15, 0.2) is 11.4 Å². The van der Waals surface area contributed by atoms with Gasteiger partial charge in [-0.15, -0.1) is 11.3 Å². The van der Waals surface area contributed by atoms with E-state index < -0.39 is 18.8 Å². The molecule has 1 aromatic rings. The van der Waals surface area contributed by atoms with Crippen molar-refractivity contribution in [3.05, 3.63) is 21.9 Å². The van der Waals surface area contributed by atoms with E-state index in [0.717, 1.165) is 24.3 Å². The molecule has 0 aromatic carbocycles. The van der Waals surface area contributed by atoms with Crippen molar-refractivity contribution in [3.8, 4) is 0 Å². The van der Waals surface area contributed by atoms with Crippen molar-refractivity contribution >= 4 is 17.2 Å². The molecule has 0 radical (unpaired) electrons. The first kappa shape index (κ1) is 14.8. The van der Waals surface area contributed by atoms with E-state index in [1.54, 1.807) is 11.3 Å². The van der Waals surface area contributed by atoms with E-state index >= 15 is 0 Å². The van der Waals surface area contributed by atoms with Gasteiger partial charge in [-0.25, -0.2) is 0 Å². The van der Waals surface area contributed by atoms with Crippen LogP contribution in [0.2, 0.25) is 0 Å². The lowest BCUT2D eigenvalue weighted by Crippen LogP contribution is -2.43. The minimum absolute atomic E-state index is 0.204. The Morgan fingerprint density at radius 3 is 2.90 bits per heavy atom. The van der Waals surface area contributed by atoms with Crippen molar-refractivity contribution in [2.75, 3.05) is 19.6 Å². The zero-order valence-corrected chi connectivity index (χ0v) is 12.3. The quantitative estimate of drug-likeness (QED) is 0.837. The molecule has 1 aromatic heterocycles. The molecule has 1 saturated heterocycles. The summed E-state index contributed by atoms with van der Waals surface area (Å²) in [6.45, 7) is 0.530. The zero-order valence-electron chi connectivity index (χ0n) is 11.5. The summed E-state index contributed by atoms with van der Waals surface area (Å²) in [6, 6.07) is 1.67. The van der Waals surface area contributed by atoms with Crippen LogP contribution in [0.5, 0.6) is 0 Å². The fourth-order valence-corrected chi connectivity index (χ4v) is 4.11. The van der Waals surface area contributed by atoms with Crippen LogP contribution in [0.1, 0.15) is 23.3 Å². The van der Waals surface area contributed by atoms with Crippen LogP contribution in [0.25, 0.3) is 0 Å². The number of rotatable bonds is 2. The van der Waals surface area contributed by atoms with E-state index in [9.17, 15) is 18.0 Å². The number of aryl methyl sites for hydroxylation is 1. The molecule has 7 heteroatoms. The molecule has 3 heterocycles. The molecular formula is C14H17F3N2OS. The van der Waals surface area contributed by atoms with Gasteiger partial charge in [-0.2, -0.15) is 13.2 Å². The lowest BCUT2D eigenvalue weighted by Gasteiger charge is -2.26. The molecule has 0 bridgehead atoms. The minimum atomic E-state index is -4.32. The molecule has 1 amide bonds. The van der Waals surface area contributed by atoms with Gasteiger partial charge < -0.3 is 4.90 Å². The van der Waals surface area contributed by atoms with E-state index in [-0.39, 0.29) is 12.5 Å². The monoisotopic (exact) mass is 318 g/mol. The molecule has 21 heavy (non-hydrogen) atoms. The molecule has 0 N–H and O–H groups in total. The van der Waals surface area contributed by atoms with E-state index in [2.05, 4.69) is 11.0 Å². The number of likely N-dealkylation sites (tertiary alicyclic amines) is 1. The van der Waals surface area contributed by atoms with Crippen LogP contribution in [0, 0.1) is 0 Å². The van der Waals surface area contributed by atoms with E-state index in [4.69, 9.17) is 0 Å². The third-order valence-electron chi connectivity index (χ3n) is 4.14. The Labute approximate surface area is 125 Å². The number of nitrogens with zero attached hydrogens (tertiary/aromatic N) is 2. The largest absolute Gasteiger partial charge is 0.406 e. The first-order chi connectivity index (χ1) is 9.94. The Morgan fingerprint density at radius 1 is 1.33 bits per heavy atom. The van der Waals surface area contributed by atoms with Crippen molar-refractivity contribution in [1.82, 2.24) is 9.80 Å². The van der Waals surface area contributed by atoms with Gasteiger partial charge in [0.1, 0.15) is 6.54 Å². The van der Waals surface area contributed by atoms with Gasteiger partial charge in [0, 0.05) is 18.0 Å². The Bertz CT molecular complexity index is 529. The number of carbonyl (C=O) groups excluding carboxylic acids is 1. The molecule has 1 atom stereocenters. The summed E-state index contributed by atoms with van der Waals surface area (Å²) < 4.78 is 37.4. The molecule has 0 spiro atoms. The van der Waals surface area contributed by atoms with Gasteiger partial charge in [-0.05, 0) is 42.8 Å². The van der Waals surface area contributed by atoms with Crippen LogP contribution in [0.3, 0.4) is 0 Å². The first-order valence-corrected chi connectivity index (χ1v) is 7.97. The van der Waals surface area contributed by atoms with Gasteiger partial charge in [0.2, 0.25) is 5.91 Å². The second-order valence-corrected chi connectivity index (χ2v) is 6.62. The van der Waals surface area contributed by atoms with Gasteiger partial charge in [0.05, 0.1) is 6.04 Å². The van der Waals surface area contributed by atoms with Gasteiger partial charge in [0.15, 0.2) is 0 Å². The molecule has 116 valence electrons. The number of amides is 1. The Hall–Kier alpha value is -1.08. The van der Waals surface area contributed by atoms with Crippen molar-refractivity contribution in [2.24, 2.45) is 0 Å². The summed E-state index contributed by atoms with van der Waals surface area (Å²) in [5, 5.41) is 2.04. The van der Waals surface area contributed by atoms with E-state index in [1.807, 2.05) is 5.38 Å². The van der Waals surface area contributed by atoms with Gasteiger partial charge in [-0.1, -0.05) is 0 Å². The molecule has 2 aliphatic heterocycles. The molecule has 3 nitrogen and oxygen atoms in total. The highest BCUT2D eigenvalue weighted by atomic mass is 32.1. The molecule has 2 aliphatic rings. The Kier molecular flexibility index (Phi) is 3.96. The van der Waals surface area contributed by atoms with Crippen molar-refractivity contribution in [2.45, 2.75) is 38.0 Å². The standard InChI is InChI=1S/C14H17F3N2OS/c15-14(16,17)9-19-6-3-11(13(19)20)18-5-1-2-12-10(8-18)4-7-21-12/h4,7,11H,1-3,5-6,8-9H2. The van der Waals surface area contributed by atoms with E-state index in [0.29, 0.717) is 13.0 Å². The highest BCUT2D eigenvalue weighted by molar-refractivity contribution is 7.10. The van der Waals surface area contributed by atoms with Crippen molar-refractivity contribution < 1.29 is 18.0 Å². The highest BCUT2D eigenvalue weighted by Crippen LogP contribution is 2.29. The van der Waals surface area contributed by atoms with Gasteiger partial charge in [0.25, 0.3) is 0 Å². The lowest BCUT2D eigenvalue weighted by molar-refractivity contribution is -0.159. The average Bonchev–Trinajstić information content (AvgIpc) is 2.91. The maximum Gasteiger partial charge on any atom is 0.406 e. The van der Waals surface area contributed by atoms with Crippen molar-refractivity contribution in [3.63, 3.8) is 0 Å². The fourth-order valence-electron chi connectivity index (χ4n) is 3.17. The lowest BCUT2D eigenvalue weighted by atomic mass is 10.2. The number of hydrogen-bond donors (Lipinski definition) is 0. The smallest absolute Gasteiger partial charge is 0.332 e. The van der Waals surface area contributed by atoms with Gasteiger partial charge in [-0.3, -0.25) is 9.69 Å². The Morgan fingerprint density at radius 2 is 2.14 bits per heavy atom.